The molecule has 0 bridgehead atoms. The minimum absolute atomic E-state index is 0.252. The average Bonchev–Trinajstić information content (AvgIpc) is 2.78. The van der Waals surface area contributed by atoms with Gasteiger partial charge in [-0.25, -0.2) is 4.39 Å². The number of rotatable bonds is 6. The van der Waals surface area contributed by atoms with Gasteiger partial charge in [0.05, 0.1) is 6.54 Å². The van der Waals surface area contributed by atoms with E-state index in [4.69, 9.17) is 9.15 Å². The summed E-state index contributed by atoms with van der Waals surface area (Å²) in [7, 11) is 0. The maximum Gasteiger partial charge on any atom is 0.129 e. The van der Waals surface area contributed by atoms with Crippen LogP contribution < -0.4 is 10.1 Å². The zero-order valence-electron chi connectivity index (χ0n) is 13.0. The highest BCUT2D eigenvalue weighted by Gasteiger charge is 2.09. The molecule has 1 N–H and O–H groups in total. The van der Waals surface area contributed by atoms with Crippen LogP contribution in [0.25, 0.3) is 0 Å². The Labute approximate surface area is 125 Å². The topological polar surface area (TPSA) is 34.4 Å². The third-order valence-electron chi connectivity index (χ3n) is 3.29. The van der Waals surface area contributed by atoms with Crippen molar-refractivity contribution in [1.29, 1.82) is 0 Å². The standard InChI is InChI=1S/C17H22FNO2/c1-11(2)19-9-16-7-14(13(4)21-16)10-20-15-6-5-12(3)17(18)8-15/h5-8,11,19H,9-10H2,1-4H3. The molecule has 0 amide bonds. The number of ether oxygens (including phenoxy) is 1. The van der Waals surface area contributed by atoms with E-state index in [0.29, 0.717) is 30.5 Å². The lowest BCUT2D eigenvalue weighted by Crippen LogP contribution is -2.21. The van der Waals surface area contributed by atoms with Crippen molar-refractivity contribution in [3.63, 3.8) is 0 Å². The van der Waals surface area contributed by atoms with E-state index in [1.807, 2.05) is 13.0 Å². The van der Waals surface area contributed by atoms with Gasteiger partial charge in [0, 0.05) is 17.7 Å². The summed E-state index contributed by atoms with van der Waals surface area (Å²) in [5.74, 6) is 2.00. The Balaban J connectivity index is 1.97. The molecule has 0 atom stereocenters. The van der Waals surface area contributed by atoms with Gasteiger partial charge in [-0.05, 0) is 31.5 Å². The fourth-order valence-corrected chi connectivity index (χ4v) is 1.95. The molecular weight excluding hydrogens is 269 g/mol. The molecule has 0 aliphatic heterocycles. The van der Waals surface area contributed by atoms with E-state index in [2.05, 4.69) is 19.2 Å². The number of hydrogen-bond acceptors (Lipinski definition) is 3. The molecule has 0 spiro atoms. The highest BCUT2D eigenvalue weighted by atomic mass is 19.1. The lowest BCUT2D eigenvalue weighted by molar-refractivity contribution is 0.301. The SMILES string of the molecule is Cc1ccc(OCc2cc(CNC(C)C)oc2C)cc1F. The van der Waals surface area contributed by atoms with Crippen molar-refractivity contribution in [2.75, 3.05) is 0 Å². The molecule has 21 heavy (non-hydrogen) atoms. The Morgan fingerprint density at radius 1 is 1.24 bits per heavy atom. The summed E-state index contributed by atoms with van der Waals surface area (Å²) >= 11 is 0. The molecule has 0 aliphatic rings. The van der Waals surface area contributed by atoms with Crippen molar-refractivity contribution in [1.82, 2.24) is 5.32 Å². The van der Waals surface area contributed by atoms with Gasteiger partial charge in [0.15, 0.2) is 0 Å². The molecule has 114 valence electrons. The summed E-state index contributed by atoms with van der Waals surface area (Å²) in [6, 6.07) is 7.28. The van der Waals surface area contributed by atoms with E-state index in [-0.39, 0.29) is 5.82 Å². The highest BCUT2D eigenvalue weighted by Crippen LogP contribution is 2.20. The number of aryl methyl sites for hydroxylation is 2. The number of furan rings is 1. The van der Waals surface area contributed by atoms with Crippen molar-refractivity contribution in [3.8, 4) is 5.75 Å². The molecule has 0 aliphatic carbocycles. The molecule has 0 radical (unpaired) electrons. The Morgan fingerprint density at radius 3 is 2.67 bits per heavy atom. The fraction of sp³-hybridized carbons (Fsp3) is 0.412. The number of nitrogens with one attached hydrogen (secondary N) is 1. The van der Waals surface area contributed by atoms with Gasteiger partial charge in [0.2, 0.25) is 0 Å². The van der Waals surface area contributed by atoms with E-state index in [1.54, 1.807) is 19.1 Å². The van der Waals surface area contributed by atoms with Crippen molar-refractivity contribution in [2.45, 2.75) is 46.9 Å². The molecule has 0 saturated heterocycles. The molecule has 0 saturated carbocycles. The van der Waals surface area contributed by atoms with Crippen molar-refractivity contribution in [2.24, 2.45) is 0 Å². The third kappa shape index (κ3) is 4.33. The summed E-state index contributed by atoms with van der Waals surface area (Å²) in [5, 5.41) is 3.31. The van der Waals surface area contributed by atoms with Crippen LogP contribution in [0.2, 0.25) is 0 Å². The molecule has 1 heterocycles. The summed E-state index contributed by atoms with van der Waals surface area (Å²) in [4.78, 5) is 0. The lowest BCUT2D eigenvalue weighted by atomic mass is 10.2. The number of hydrogen-bond donors (Lipinski definition) is 1. The van der Waals surface area contributed by atoms with Gasteiger partial charge in [-0.1, -0.05) is 19.9 Å². The Bertz CT molecular complexity index is 605. The largest absolute Gasteiger partial charge is 0.489 e. The molecule has 3 nitrogen and oxygen atoms in total. The van der Waals surface area contributed by atoms with Crippen LogP contribution in [-0.2, 0) is 13.2 Å². The quantitative estimate of drug-likeness (QED) is 0.869. The predicted octanol–water partition coefficient (Wildman–Crippen LogP) is 4.11. The van der Waals surface area contributed by atoms with E-state index in [0.717, 1.165) is 17.1 Å². The van der Waals surface area contributed by atoms with Crippen LogP contribution in [0.15, 0.2) is 28.7 Å². The summed E-state index contributed by atoms with van der Waals surface area (Å²) in [6.45, 7) is 8.88. The lowest BCUT2D eigenvalue weighted by Gasteiger charge is -2.06. The van der Waals surface area contributed by atoms with Gasteiger partial charge >= 0.3 is 0 Å². The molecule has 1 aromatic carbocycles. The van der Waals surface area contributed by atoms with Crippen molar-refractivity contribution in [3.05, 3.63) is 52.7 Å². The third-order valence-corrected chi connectivity index (χ3v) is 3.29. The monoisotopic (exact) mass is 291 g/mol. The zero-order valence-corrected chi connectivity index (χ0v) is 13.0. The molecule has 1 aromatic heterocycles. The summed E-state index contributed by atoms with van der Waals surface area (Å²) < 4.78 is 24.8. The zero-order chi connectivity index (χ0) is 15.4. The van der Waals surface area contributed by atoms with Crippen LogP contribution in [0.4, 0.5) is 4.39 Å². The molecule has 2 aromatic rings. The van der Waals surface area contributed by atoms with E-state index in [9.17, 15) is 4.39 Å². The van der Waals surface area contributed by atoms with E-state index in [1.165, 1.54) is 6.07 Å². The van der Waals surface area contributed by atoms with Gasteiger partial charge in [-0.3, -0.25) is 0 Å². The van der Waals surface area contributed by atoms with Crippen LogP contribution in [0.3, 0.4) is 0 Å². The summed E-state index contributed by atoms with van der Waals surface area (Å²) in [6.07, 6.45) is 0. The smallest absolute Gasteiger partial charge is 0.129 e. The van der Waals surface area contributed by atoms with Crippen LogP contribution in [-0.4, -0.2) is 6.04 Å². The first-order valence-electron chi connectivity index (χ1n) is 7.16. The predicted molar refractivity (Wildman–Crippen MR) is 80.9 cm³/mol. The maximum absolute atomic E-state index is 13.5. The molecule has 4 heteroatoms. The van der Waals surface area contributed by atoms with Gasteiger partial charge < -0.3 is 14.5 Å². The first-order chi connectivity index (χ1) is 9.95. The first kappa shape index (κ1) is 15.6. The normalized spacial score (nSPS) is 11.1. The number of halogens is 1. The minimum Gasteiger partial charge on any atom is -0.489 e. The Hall–Kier alpha value is -1.81. The van der Waals surface area contributed by atoms with Crippen LogP contribution in [0.5, 0.6) is 5.75 Å². The fourth-order valence-electron chi connectivity index (χ4n) is 1.95. The van der Waals surface area contributed by atoms with Crippen LogP contribution >= 0.6 is 0 Å². The van der Waals surface area contributed by atoms with Gasteiger partial charge in [0.1, 0.15) is 29.7 Å². The van der Waals surface area contributed by atoms with Crippen LogP contribution in [0.1, 0.15) is 36.5 Å². The second-order valence-electron chi connectivity index (χ2n) is 5.53. The van der Waals surface area contributed by atoms with Gasteiger partial charge in [0.25, 0.3) is 0 Å². The second kappa shape index (κ2) is 6.76. The molecule has 0 fully saturated rings. The van der Waals surface area contributed by atoms with Crippen molar-refractivity contribution >= 4 is 0 Å². The molecular formula is C17H22FNO2. The van der Waals surface area contributed by atoms with Crippen molar-refractivity contribution < 1.29 is 13.5 Å². The van der Waals surface area contributed by atoms with Crippen LogP contribution in [0, 0.1) is 19.7 Å². The van der Waals surface area contributed by atoms with E-state index < -0.39 is 0 Å². The molecule has 2 rings (SSSR count). The number of benzene rings is 1. The molecule has 0 unspecified atom stereocenters. The van der Waals surface area contributed by atoms with E-state index >= 15 is 0 Å². The second-order valence-corrected chi connectivity index (χ2v) is 5.53. The van der Waals surface area contributed by atoms with Gasteiger partial charge in [-0.15, -0.1) is 0 Å². The van der Waals surface area contributed by atoms with Gasteiger partial charge in [-0.2, -0.15) is 0 Å². The Kier molecular flexibility index (Phi) is 5.02. The average molecular weight is 291 g/mol. The first-order valence-corrected chi connectivity index (χ1v) is 7.16. The highest BCUT2D eigenvalue weighted by molar-refractivity contribution is 5.29. The minimum atomic E-state index is -0.252. The maximum atomic E-state index is 13.5. The summed E-state index contributed by atoms with van der Waals surface area (Å²) in [5.41, 5.74) is 1.60. The Morgan fingerprint density at radius 2 is 2.00 bits per heavy atom.